The molecule has 0 heterocycles. The number of hydrogen-bond donors (Lipinski definition) is 0. The SMILES string of the molecule is C=C(C)CCC1CCC(Cl)C1C. The lowest BCUT2D eigenvalue weighted by Gasteiger charge is -2.16. The molecule has 0 bridgehead atoms. The third-order valence-corrected chi connectivity index (χ3v) is 3.68. The van der Waals surface area contributed by atoms with Gasteiger partial charge in [0.1, 0.15) is 0 Å². The average molecular weight is 187 g/mol. The molecule has 12 heavy (non-hydrogen) atoms. The van der Waals surface area contributed by atoms with Crippen LogP contribution in [0.4, 0.5) is 0 Å². The molecule has 1 fully saturated rings. The maximum atomic E-state index is 6.15. The summed E-state index contributed by atoms with van der Waals surface area (Å²) in [6, 6.07) is 0. The Morgan fingerprint density at radius 1 is 1.50 bits per heavy atom. The van der Waals surface area contributed by atoms with Crippen LogP contribution in [0.15, 0.2) is 12.2 Å². The van der Waals surface area contributed by atoms with Gasteiger partial charge in [0.05, 0.1) is 0 Å². The molecule has 1 heteroatoms. The second-order valence-corrected chi connectivity index (χ2v) is 4.77. The summed E-state index contributed by atoms with van der Waals surface area (Å²) < 4.78 is 0. The smallest absolute Gasteiger partial charge is 0.0364 e. The Balaban J connectivity index is 2.29. The minimum Gasteiger partial charge on any atom is -0.123 e. The Morgan fingerprint density at radius 3 is 2.58 bits per heavy atom. The highest BCUT2D eigenvalue weighted by molar-refractivity contribution is 6.20. The van der Waals surface area contributed by atoms with Crippen molar-refractivity contribution in [2.45, 2.75) is 44.9 Å². The van der Waals surface area contributed by atoms with Crippen LogP contribution >= 0.6 is 11.6 Å². The second kappa shape index (κ2) is 4.32. The van der Waals surface area contributed by atoms with Gasteiger partial charge in [-0.3, -0.25) is 0 Å². The third-order valence-electron chi connectivity index (χ3n) is 3.07. The summed E-state index contributed by atoms with van der Waals surface area (Å²) in [5.74, 6) is 1.57. The average Bonchev–Trinajstić information content (AvgIpc) is 2.30. The van der Waals surface area contributed by atoms with E-state index in [4.69, 9.17) is 11.6 Å². The lowest BCUT2D eigenvalue weighted by molar-refractivity contribution is 0.394. The number of halogens is 1. The molecule has 3 atom stereocenters. The molecule has 1 aliphatic rings. The first-order valence-electron chi connectivity index (χ1n) is 4.89. The van der Waals surface area contributed by atoms with Crippen LogP contribution in [-0.4, -0.2) is 5.38 Å². The Bertz CT molecular complexity index is 162. The first-order valence-corrected chi connectivity index (χ1v) is 5.33. The minimum absolute atomic E-state index is 0.431. The van der Waals surface area contributed by atoms with Crippen molar-refractivity contribution < 1.29 is 0 Å². The Kier molecular flexibility index (Phi) is 3.64. The maximum Gasteiger partial charge on any atom is 0.0364 e. The third kappa shape index (κ3) is 2.52. The molecular formula is C11H19Cl. The normalized spacial score (nSPS) is 35.4. The summed E-state index contributed by atoms with van der Waals surface area (Å²) in [4.78, 5) is 0. The van der Waals surface area contributed by atoms with Crippen LogP contribution in [0.1, 0.15) is 39.5 Å². The van der Waals surface area contributed by atoms with Crippen LogP contribution in [0.25, 0.3) is 0 Å². The van der Waals surface area contributed by atoms with E-state index < -0.39 is 0 Å². The predicted molar refractivity (Wildman–Crippen MR) is 55.6 cm³/mol. The zero-order valence-corrected chi connectivity index (χ0v) is 8.90. The summed E-state index contributed by atoms with van der Waals surface area (Å²) in [6.07, 6.45) is 5.00. The van der Waals surface area contributed by atoms with Crippen molar-refractivity contribution in [3.8, 4) is 0 Å². The van der Waals surface area contributed by atoms with Crippen LogP contribution in [0, 0.1) is 11.8 Å². The molecule has 0 saturated heterocycles. The fourth-order valence-electron chi connectivity index (χ4n) is 2.03. The summed E-state index contributed by atoms with van der Waals surface area (Å²) in [5, 5.41) is 0.431. The summed E-state index contributed by atoms with van der Waals surface area (Å²) in [5.41, 5.74) is 1.31. The van der Waals surface area contributed by atoms with Gasteiger partial charge in [-0.25, -0.2) is 0 Å². The van der Waals surface area contributed by atoms with Crippen molar-refractivity contribution in [1.82, 2.24) is 0 Å². The van der Waals surface area contributed by atoms with Gasteiger partial charge in [0.15, 0.2) is 0 Å². The lowest BCUT2D eigenvalue weighted by atomic mass is 9.92. The summed E-state index contributed by atoms with van der Waals surface area (Å²) in [6.45, 7) is 8.32. The van der Waals surface area contributed by atoms with Gasteiger partial charge in [0, 0.05) is 5.38 Å². The summed E-state index contributed by atoms with van der Waals surface area (Å²) in [7, 11) is 0. The first-order chi connectivity index (χ1) is 5.61. The van der Waals surface area contributed by atoms with Gasteiger partial charge >= 0.3 is 0 Å². The van der Waals surface area contributed by atoms with E-state index in [-0.39, 0.29) is 0 Å². The quantitative estimate of drug-likeness (QED) is 0.462. The van der Waals surface area contributed by atoms with E-state index in [0.717, 1.165) is 5.92 Å². The van der Waals surface area contributed by atoms with Crippen LogP contribution in [-0.2, 0) is 0 Å². The van der Waals surface area contributed by atoms with E-state index in [1.165, 1.54) is 31.3 Å². The fraction of sp³-hybridized carbons (Fsp3) is 0.818. The molecule has 0 nitrogen and oxygen atoms in total. The van der Waals surface area contributed by atoms with Crippen LogP contribution in [0.5, 0.6) is 0 Å². The lowest BCUT2D eigenvalue weighted by Crippen LogP contribution is -2.10. The van der Waals surface area contributed by atoms with Gasteiger partial charge in [-0.1, -0.05) is 12.5 Å². The van der Waals surface area contributed by atoms with Crippen LogP contribution in [0.3, 0.4) is 0 Å². The van der Waals surface area contributed by atoms with Crippen molar-refractivity contribution in [2.24, 2.45) is 11.8 Å². The molecule has 1 saturated carbocycles. The van der Waals surface area contributed by atoms with Gasteiger partial charge in [-0.2, -0.15) is 0 Å². The van der Waals surface area contributed by atoms with E-state index in [2.05, 4.69) is 20.4 Å². The van der Waals surface area contributed by atoms with E-state index in [9.17, 15) is 0 Å². The van der Waals surface area contributed by atoms with Gasteiger partial charge in [0.2, 0.25) is 0 Å². The van der Waals surface area contributed by atoms with Crippen molar-refractivity contribution in [3.05, 3.63) is 12.2 Å². The first kappa shape index (κ1) is 10.1. The van der Waals surface area contributed by atoms with Crippen LogP contribution in [0.2, 0.25) is 0 Å². The number of allylic oxidation sites excluding steroid dienone is 1. The highest BCUT2D eigenvalue weighted by atomic mass is 35.5. The van der Waals surface area contributed by atoms with E-state index >= 15 is 0 Å². The van der Waals surface area contributed by atoms with Gasteiger partial charge in [-0.05, 0) is 44.4 Å². The van der Waals surface area contributed by atoms with Crippen LogP contribution < -0.4 is 0 Å². The molecule has 0 aliphatic heterocycles. The number of rotatable bonds is 3. The zero-order valence-electron chi connectivity index (χ0n) is 8.15. The van der Waals surface area contributed by atoms with Crippen molar-refractivity contribution >= 4 is 11.6 Å². The molecular weight excluding hydrogens is 168 g/mol. The summed E-state index contributed by atoms with van der Waals surface area (Å²) >= 11 is 6.15. The fourth-order valence-corrected chi connectivity index (χ4v) is 2.37. The topological polar surface area (TPSA) is 0 Å². The molecule has 0 spiro atoms. The molecule has 0 amide bonds. The highest BCUT2D eigenvalue weighted by Gasteiger charge is 2.30. The molecule has 70 valence electrons. The molecule has 0 radical (unpaired) electrons. The van der Waals surface area contributed by atoms with Crippen molar-refractivity contribution in [2.75, 3.05) is 0 Å². The Morgan fingerprint density at radius 2 is 2.17 bits per heavy atom. The number of hydrogen-bond acceptors (Lipinski definition) is 0. The molecule has 3 unspecified atom stereocenters. The van der Waals surface area contributed by atoms with Gasteiger partial charge in [-0.15, -0.1) is 18.2 Å². The monoisotopic (exact) mass is 186 g/mol. The Labute approximate surface area is 81.0 Å². The van der Waals surface area contributed by atoms with E-state index in [1.807, 2.05) is 0 Å². The standard InChI is InChI=1S/C11H19Cl/c1-8(2)4-5-10-6-7-11(12)9(10)3/h9-11H,1,4-7H2,2-3H3. The van der Waals surface area contributed by atoms with E-state index in [1.54, 1.807) is 0 Å². The zero-order chi connectivity index (χ0) is 9.14. The molecule has 0 aromatic rings. The molecule has 0 N–H and O–H groups in total. The van der Waals surface area contributed by atoms with Crippen molar-refractivity contribution in [3.63, 3.8) is 0 Å². The molecule has 0 aromatic carbocycles. The maximum absolute atomic E-state index is 6.15. The van der Waals surface area contributed by atoms with Crippen molar-refractivity contribution in [1.29, 1.82) is 0 Å². The molecule has 1 aliphatic carbocycles. The molecule has 0 aromatic heterocycles. The molecule has 1 rings (SSSR count). The minimum atomic E-state index is 0.431. The predicted octanol–water partition coefficient (Wildman–Crippen LogP) is 4.00. The van der Waals surface area contributed by atoms with Gasteiger partial charge in [0.25, 0.3) is 0 Å². The number of alkyl halides is 1. The Hall–Kier alpha value is 0.0300. The largest absolute Gasteiger partial charge is 0.123 e. The second-order valence-electron chi connectivity index (χ2n) is 4.21. The highest BCUT2D eigenvalue weighted by Crippen LogP contribution is 2.38. The van der Waals surface area contributed by atoms with E-state index in [0.29, 0.717) is 11.3 Å². The van der Waals surface area contributed by atoms with Gasteiger partial charge < -0.3 is 0 Å².